The third-order valence-electron chi connectivity index (χ3n) is 5.21. The van der Waals surface area contributed by atoms with Gasteiger partial charge in [0.2, 0.25) is 11.8 Å². The SMILES string of the molecule is Cc1ccc(C)c(NC(=O)[C@@H](C)OC(=O)CN2C(=O)[C@H]3CC=CC[C@@H]3C2=O)c1. The molecule has 1 aliphatic carbocycles. The van der Waals surface area contributed by atoms with Gasteiger partial charge in [-0.3, -0.25) is 24.1 Å². The van der Waals surface area contributed by atoms with E-state index in [4.69, 9.17) is 4.74 Å². The quantitative estimate of drug-likeness (QED) is 0.477. The van der Waals surface area contributed by atoms with Crippen LogP contribution in [0.2, 0.25) is 0 Å². The molecule has 1 heterocycles. The number of esters is 1. The number of nitrogens with zero attached hydrogens (tertiary/aromatic N) is 1. The lowest BCUT2D eigenvalue weighted by atomic mass is 9.85. The van der Waals surface area contributed by atoms with E-state index in [-0.39, 0.29) is 11.8 Å². The number of carbonyl (C=O) groups is 4. The van der Waals surface area contributed by atoms with Crippen LogP contribution in [0.15, 0.2) is 30.4 Å². The molecule has 2 aliphatic rings. The zero-order valence-electron chi connectivity index (χ0n) is 16.2. The molecule has 3 rings (SSSR count). The number of ether oxygens (including phenoxy) is 1. The van der Waals surface area contributed by atoms with Gasteiger partial charge in [-0.1, -0.05) is 24.3 Å². The summed E-state index contributed by atoms with van der Waals surface area (Å²) in [6.07, 6.45) is 3.73. The van der Waals surface area contributed by atoms with Crippen LogP contribution in [0.1, 0.15) is 30.9 Å². The Labute approximate surface area is 163 Å². The van der Waals surface area contributed by atoms with Crippen LogP contribution in [0.25, 0.3) is 0 Å². The number of carbonyl (C=O) groups excluding carboxylic acids is 4. The monoisotopic (exact) mass is 384 g/mol. The summed E-state index contributed by atoms with van der Waals surface area (Å²) >= 11 is 0. The van der Waals surface area contributed by atoms with Crippen molar-refractivity contribution in [1.82, 2.24) is 4.90 Å². The number of aryl methyl sites for hydroxylation is 2. The molecule has 1 aromatic rings. The van der Waals surface area contributed by atoms with Crippen molar-refractivity contribution in [2.45, 2.75) is 39.7 Å². The van der Waals surface area contributed by atoms with Gasteiger partial charge in [-0.2, -0.15) is 0 Å². The fraction of sp³-hybridized carbons (Fsp3) is 0.429. The molecule has 0 unspecified atom stereocenters. The summed E-state index contributed by atoms with van der Waals surface area (Å²) in [7, 11) is 0. The lowest BCUT2D eigenvalue weighted by Gasteiger charge is -2.18. The summed E-state index contributed by atoms with van der Waals surface area (Å²) in [6, 6.07) is 5.66. The minimum atomic E-state index is -1.05. The minimum Gasteiger partial charge on any atom is -0.451 e. The molecule has 1 aliphatic heterocycles. The van der Waals surface area contributed by atoms with Crippen LogP contribution in [-0.2, 0) is 23.9 Å². The van der Waals surface area contributed by atoms with E-state index < -0.39 is 36.4 Å². The van der Waals surface area contributed by atoms with Crippen LogP contribution < -0.4 is 5.32 Å². The Balaban J connectivity index is 1.57. The van der Waals surface area contributed by atoms with Crippen molar-refractivity contribution in [1.29, 1.82) is 0 Å². The van der Waals surface area contributed by atoms with Gasteiger partial charge in [0.25, 0.3) is 5.91 Å². The highest BCUT2D eigenvalue weighted by molar-refractivity contribution is 6.07. The fourth-order valence-electron chi connectivity index (χ4n) is 3.55. The summed E-state index contributed by atoms with van der Waals surface area (Å²) in [5.41, 5.74) is 2.53. The van der Waals surface area contributed by atoms with Crippen molar-refractivity contribution < 1.29 is 23.9 Å². The van der Waals surface area contributed by atoms with E-state index in [9.17, 15) is 19.2 Å². The normalized spacial score (nSPS) is 22.0. The van der Waals surface area contributed by atoms with Gasteiger partial charge in [0.05, 0.1) is 11.8 Å². The minimum absolute atomic E-state index is 0.344. The van der Waals surface area contributed by atoms with E-state index in [2.05, 4.69) is 5.32 Å². The maximum atomic E-state index is 12.4. The Kier molecular flexibility index (Phi) is 5.63. The van der Waals surface area contributed by atoms with Gasteiger partial charge in [-0.15, -0.1) is 0 Å². The number of benzene rings is 1. The van der Waals surface area contributed by atoms with E-state index in [1.807, 2.05) is 44.2 Å². The number of allylic oxidation sites excluding steroid dienone is 2. The molecule has 1 aromatic carbocycles. The largest absolute Gasteiger partial charge is 0.451 e. The molecule has 3 amide bonds. The second kappa shape index (κ2) is 7.96. The number of hydrogen-bond acceptors (Lipinski definition) is 5. The summed E-state index contributed by atoms with van der Waals surface area (Å²) in [4.78, 5) is 50.3. The molecule has 1 N–H and O–H groups in total. The molecule has 28 heavy (non-hydrogen) atoms. The molecule has 3 atom stereocenters. The lowest BCUT2D eigenvalue weighted by Crippen LogP contribution is -2.39. The number of fused-ring (bicyclic) bond motifs is 1. The first kappa shape index (κ1) is 19.8. The molecule has 0 aromatic heterocycles. The Hall–Kier alpha value is -2.96. The average molecular weight is 384 g/mol. The lowest BCUT2D eigenvalue weighted by molar-refractivity contribution is -0.158. The van der Waals surface area contributed by atoms with Crippen LogP contribution in [0.3, 0.4) is 0 Å². The maximum absolute atomic E-state index is 12.4. The van der Waals surface area contributed by atoms with Crippen molar-refractivity contribution in [2.75, 3.05) is 11.9 Å². The molecule has 0 radical (unpaired) electrons. The number of likely N-dealkylation sites (tertiary alicyclic amines) is 1. The Morgan fingerprint density at radius 1 is 1.14 bits per heavy atom. The Morgan fingerprint density at radius 2 is 1.75 bits per heavy atom. The molecule has 7 heteroatoms. The van der Waals surface area contributed by atoms with Gasteiger partial charge < -0.3 is 10.1 Å². The van der Waals surface area contributed by atoms with E-state index in [0.717, 1.165) is 16.0 Å². The van der Waals surface area contributed by atoms with Gasteiger partial charge in [0, 0.05) is 5.69 Å². The topological polar surface area (TPSA) is 92.8 Å². The standard InChI is InChI=1S/C21H24N2O5/c1-12-8-9-13(2)17(10-12)22-19(25)14(3)28-18(24)11-23-20(26)15-6-4-5-7-16(15)21(23)27/h4-5,8-10,14-16H,6-7,11H2,1-3H3,(H,22,25)/t14-,15+,16+/m1/s1. The number of rotatable bonds is 5. The molecule has 7 nitrogen and oxygen atoms in total. The van der Waals surface area contributed by atoms with Gasteiger partial charge >= 0.3 is 5.97 Å². The van der Waals surface area contributed by atoms with Crippen LogP contribution in [0.4, 0.5) is 5.69 Å². The second-order valence-electron chi connectivity index (χ2n) is 7.36. The van der Waals surface area contributed by atoms with Gasteiger partial charge in [-0.25, -0.2) is 0 Å². The van der Waals surface area contributed by atoms with Crippen LogP contribution in [-0.4, -0.2) is 41.2 Å². The zero-order chi connectivity index (χ0) is 20.4. The van der Waals surface area contributed by atoms with Crippen LogP contribution >= 0.6 is 0 Å². The molecular formula is C21H24N2O5. The van der Waals surface area contributed by atoms with E-state index in [1.165, 1.54) is 6.92 Å². The van der Waals surface area contributed by atoms with Crippen molar-refractivity contribution in [3.8, 4) is 0 Å². The summed E-state index contributed by atoms with van der Waals surface area (Å²) in [5.74, 6) is -2.73. The van der Waals surface area contributed by atoms with Gasteiger partial charge in [-0.05, 0) is 50.8 Å². The molecular weight excluding hydrogens is 360 g/mol. The number of hydrogen-bond donors (Lipinski definition) is 1. The maximum Gasteiger partial charge on any atom is 0.326 e. The number of anilines is 1. The fourth-order valence-corrected chi connectivity index (χ4v) is 3.55. The highest BCUT2D eigenvalue weighted by Crippen LogP contribution is 2.34. The van der Waals surface area contributed by atoms with Gasteiger partial charge in [0.15, 0.2) is 6.10 Å². The third kappa shape index (κ3) is 3.98. The third-order valence-corrected chi connectivity index (χ3v) is 5.21. The summed E-state index contributed by atoms with van der Waals surface area (Å²) in [6.45, 7) is 4.77. The van der Waals surface area contributed by atoms with Crippen LogP contribution in [0.5, 0.6) is 0 Å². The van der Waals surface area contributed by atoms with Crippen molar-refractivity contribution in [3.63, 3.8) is 0 Å². The first-order valence-electron chi connectivity index (χ1n) is 9.35. The van der Waals surface area contributed by atoms with Gasteiger partial charge in [0.1, 0.15) is 6.54 Å². The predicted molar refractivity (Wildman–Crippen MR) is 102 cm³/mol. The Morgan fingerprint density at radius 3 is 2.36 bits per heavy atom. The summed E-state index contributed by atoms with van der Waals surface area (Å²) in [5, 5.41) is 2.74. The molecule has 1 fully saturated rings. The number of imide groups is 1. The Bertz CT molecular complexity index is 834. The number of nitrogens with one attached hydrogen (secondary N) is 1. The van der Waals surface area contributed by atoms with E-state index >= 15 is 0 Å². The number of amides is 3. The molecule has 0 bridgehead atoms. The molecule has 0 spiro atoms. The molecule has 0 saturated carbocycles. The second-order valence-corrected chi connectivity index (χ2v) is 7.36. The zero-order valence-corrected chi connectivity index (χ0v) is 16.2. The first-order chi connectivity index (χ1) is 13.3. The van der Waals surface area contributed by atoms with Crippen molar-refractivity contribution >= 4 is 29.4 Å². The predicted octanol–water partition coefficient (Wildman–Crippen LogP) is 2.12. The van der Waals surface area contributed by atoms with Crippen molar-refractivity contribution in [2.24, 2.45) is 11.8 Å². The average Bonchev–Trinajstić information content (AvgIpc) is 2.90. The van der Waals surface area contributed by atoms with Crippen LogP contribution in [0, 0.1) is 25.7 Å². The molecule has 1 saturated heterocycles. The first-order valence-corrected chi connectivity index (χ1v) is 9.35. The summed E-state index contributed by atoms with van der Waals surface area (Å²) < 4.78 is 5.15. The highest BCUT2D eigenvalue weighted by atomic mass is 16.5. The highest BCUT2D eigenvalue weighted by Gasteiger charge is 2.47. The molecule has 148 valence electrons. The van der Waals surface area contributed by atoms with Crippen molar-refractivity contribution in [3.05, 3.63) is 41.5 Å². The van der Waals surface area contributed by atoms with E-state index in [0.29, 0.717) is 18.5 Å². The van der Waals surface area contributed by atoms with E-state index in [1.54, 1.807) is 0 Å². The smallest absolute Gasteiger partial charge is 0.326 e.